The molecule has 0 bridgehead atoms. The second kappa shape index (κ2) is 14.3. The molecule has 0 amide bonds. The van der Waals surface area contributed by atoms with Crippen LogP contribution in [0.5, 0.6) is 0 Å². The van der Waals surface area contributed by atoms with Gasteiger partial charge < -0.3 is 0 Å². The summed E-state index contributed by atoms with van der Waals surface area (Å²) < 4.78 is 0. The van der Waals surface area contributed by atoms with Crippen molar-refractivity contribution < 1.29 is 0 Å². The first-order chi connectivity index (χ1) is 11.4. The van der Waals surface area contributed by atoms with Crippen LogP contribution in [0.15, 0.2) is 24.3 Å². The molecular weight excluding hydrogens is 278 g/mol. The van der Waals surface area contributed by atoms with Crippen molar-refractivity contribution in [3.63, 3.8) is 0 Å². The van der Waals surface area contributed by atoms with Crippen molar-refractivity contribution in [2.24, 2.45) is 0 Å². The Balaban J connectivity index is 1.83. The fourth-order valence-corrected chi connectivity index (χ4v) is 3.09. The SMILES string of the molecule is CCCCCCCCCCCCCCCc1ccc(C#N)cc1. The van der Waals surface area contributed by atoms with E-state index in [9.17, 15) is 0 Å². The molecule has 0 fully saturated rings. The Labute approximate surface area is 144 Å². The third-order valence-electron chi connectivity index (χ3n) is 4.65. The topological polar surface area (TPSA) is 23.8 Å². The van der Waals surface area contributed by atoms with Crippen LogP contribution in [0.2, 0.25) is 0 Å². The maximum absolute atomic E-state index is 8.78. The summed E-state index contributed by atoms with van der Waals surface area (Å²) in [6.07, 6.45) is 19.4. The van der Waals surface area contributed by atoms with Crippen LogP contribution in [0.25, 0.3) is 0 Å². The summed E-state index contributed by atoms with van der Waals surface area (Å²) in [5, 5.41) is 8.78. The van der Waals surface area contributed by atoms with Gasteiger partial charge >= 0.3 is 0 Å². The van der Waals surface area contributed by atoms with Crippen LogP contribution in [0, 0.1) is 11.3 Å². The van der Waals surface area contributed by atoms with Crippen LogP contribution in [0.1, 0.15) is 102 Å². The summed E-state index contributed by atoms with van der Waals surface area (Å²) >= 11 is 0. The maximum atomic E-state index is 8.78. The molecule has 23 heavy (non-hydrogen) atoms. The van der Waals surface area contributed by atoms with Gasteiger partial charge in [-0.1, -0.05) is 96.1 Å². The molecule has 0 saturated carbocycles. The maximum Gasteiger partial charge on any atom is 0.0991 e. The monoisotopic (exact) mass is 313 g/mol. The van der Waals surface area contributed by atoms with Crippen molar-refractivity contribution >= 4 is 0 Å². The van der Waals surface area contributed by atoms with Crippen molar-refractivity contribution in [1.29, 1.82) is 5.26 Å². The Morgan fingerprint density at radius 3 is 1.52 bits per heavy atom. The molecule has 0 aliphatic carbocycles. The highest BCUT2D eigenvalue weighted by molar-refractivity contribution is 5.31. The highest BCUT2D eigenvalue weighted by atomic mass is 14.2. The minimum Gasteiger partial charge on any atom is -0.192 e. The van der Waals surface area contributed by atoms with Crippen LogP contribution >= 0.6 is 0 Å². The fraction of sp³-hybridized carbons (Fsp3) is 0.682. The summed E-state index contributed by atoms with van der Waals surface area (Å²) in [5.41, 5.74) is 2.13. The number of aryl methyl sites for hydroxylation is 1. The number of nitriles is 1. The number of unbranched alkanes of at least 4 members (excludes halogenated alkanes) is 12. The lowest BCUT2D eigenvalue weighted by Crippen LogP contribution is -1.87. The number of hydrogen-bond donors (Lipinski definition) is 0. The smallest absolute Gasteiger partial charge is 0.0991 e. The Hall–Kier alpha value is -1.29. The van der Waals surface area contributed by atoms with Crippen molar-refractivity contribution in [3.8, 4) is 6.07 Å². The third-order valence-corrected chi connectivity index (χ3v) is 4.65. The van der Waals surface area contributed by atoms with Crippen LogP contribution in [0.4, 0.5) is 0 Å². The summed E-state index contributed by atoms with van der Waals surface area (Å²) in [6.45, 7) is 2.28. The van der Waals surface area contributed by atoms with E-state index in [1.807, 2.05) is 12.1 Å². The zero-order valence-electron chi connectivity index (χ0n) is 15.2. The minimum atomic E-state index is 0.763. The third kappa shape index (κ3) is 11.0. The van der Waals surface area contributed by atoms with Gasteiger partial charge in [0.1, 0.15) is 0 Å². The highest BCUT2D eigenvalue weighted by Crippen LogP contribution is 2.14. The molecule has 1 nitrogen and oxygen atoms in total. The van der Waals surface area contributed by atoms with Crippen molar-refractivity contribution in [1.82, 2.24) is 0 Å². The Bertz CT molecular complexity index is 413. The van der Waals surface area contributed by atoms with Crippen LogP contribution in [-0.2, 0) is 6.42 Å². The quantitative estimate of drug-likeness (QED) is 0.333. The molecule has 1 heteroatoms. The van der Waals surface area contributed by atoms with Crippen molar-refractivity contribution in [2.75, 3.05) is 0 Å². The molecule has 0 atom stereocenters. The molecule has 0 aliphatic rings. The largest absolute Gasteiger partial charge is 0.192 e. The van der Waals surface area contributed by atoms with Gasteiger partial charge in [0.15, 0.2) is 0 Å². The number of hydrogen-bond acceptors (Lipinski definition) is 1. The lowest BCUT2D eigenvalue weighted by atomic mass is 10.0. The molecule has 1 rings (SSSR count). The van der Waals surface area contributed by atoms with E-state index in [4.69, 9.17) is 5.26 Å². The molecule has 0 saturated heterocycles. The van der Waals surface area contributed by atoms with E-state index in [1.54, 1.807) is 0 Å². The first kappa shape index (κ1) is 19.8. The summed E-state index contributed by atoms with van der Waals surface area (Å²) in [4.78, 5) is 0. The van der Waals surface area contributed by atoms with E-state index in [-0.39, 0.29) is 0 Å². The van der Waals surface area contributed by atoms with Gasteiger partial charge in [0.05, 0.1) is 11.6 Å². The van der Waals surface area contributed by atoms with E-state index in [1.165, 1.54) is 89.0 Å². The molecule has 1 aromatic rings. The zero-order valence-corrected chi connectivity index (χ0v) is 15.2. The van der Waals surface area contributed by atoms with Gasteiger partial charge in [-0.25, -0.2) is 0 Å². The Morgan fingerprint density at radius 2 is 1.09 bits per heavy atom. The molecule has 0 aromatic heterocycles. The van der Waals surface area contributed by atoms with Gasteiger partial charge in [-0.15, -0.1) is 0 Å². The van der Waals surface area contributed by atoms with E-state index in [2.05, 4.69) is 25.1 Å². The molecule has 0 heterocycles. The van der Waals surface area contributed by atoms with Gasteiger partial charge in [0.25, 0.3) is 0 Å². The Kier molecular flexibility index (Phi) is 12.3. The van der Waals surface area contributed by atoms with Gasteiger partial charge in [-0.3, -0.25) is 0 Å². The van der Waals surface area contributed by atoms with Crippen molar-refractivity contribution in [3.05, 3.63) is 35.4 Å². The summed E-state index contributed by atoms with van der Waals surface area (Å²) in [6, 6.07) is 10.2. The van der Waals surface area contributed by atoms with E-state index in [0.717, 1.165) is 12.0 Å². The number of rotatable bonds is 14. The summed E-state index contributed by atoms with van der Waals surface area (Å²) in [5.74, 6) is 0. The van der Waals surface area contributed by atoms with Gasteiger partial charge in [-0.05, 0) is 30.5 Å². The lowest BCUT2D eigenvalue weighted by Gasteiger charge is -2.04. The van der Waals surface area contributed by atoms with Crippen LogP contribution in [-0.4, -0.2) is 0 Å². The van der Waals surface area contributed by atoms with E-state index >= 15 is 0 Å². The lowest BCUT2D eigenvalue weighted by molar-refractivity contribution is 0.539. The van der Waals surface area contributed by atoms with E-state index in [0.29, 0.717) is 0 Å². The summed E-state index contributed by atoms with van der Waals surface area (Å²) in [7, 11) is 0. The van der Waals surface area contributed by atoms with Crippen LogP contribution in [0.3, 0.4) is 0 Å². The first-order valence-corrected chi connectivity index (χ1v) is 9.86. The molecule has 0 radical (unpaired) electrons. The number of nitrogens with zero attached hydrogens (tertiary/aromatic N) is 1. The van der Waals surface area contributed by atoms with Gasteiger partial charge in [-0.2, -0.15) is 5.26 Å². The van der Waals surface area contributed by atoms with Crippen molar-refractivity contribution in [2.45, 2.75) is 96.8 Å². The molecule has 0 unspecified atom stereocenters. The molecule has 0 spiro atoms. The van der Waals surface area contributed by atoms with Gasteiger partial charge in [0, 0.05) is 0 Å². The Morgan fingerprint density at radius 1 is 0.652 bits per heavy atom. The normalized spacial score (nSPS) is 10.6. The minimum absolute atomic E-state index is 0.763. The molecule has 0 aliphatic heterocycles. The average molecular weight is 314 g/mol. The zero-order chi connectivity index (χ0) is 16.6. The molecule has 128 valence electrons. The average Bonchev–Trinajstić information content (AvgIpc) is 2.59. The molecule has 0 N–H and O–H groups in total. The first-order valence-electron chi connectivity index (χ1n) is 9.86. The second-order valence-electron chi connectivity index (χ2n) is 6.80. The van der Waals surface area contributed by atoms with Crippen LogP contribution < -0.4 is 0 Å². The predicted octanol–water partition coefficient (Wildman–Crippen LogP) is 7.19. The van der Waals surface area contributed by atoms with E-state index < -0.39 is 0 Å². The highest BCUT2D eigenvalue weighted by Gasteiger charge is 1.96. The predicted molar refractivity (Wildman–Crippen MR) is 101 cm³/mol. The molecule has 1 aromatic carbocycles. The van der Waals surface area contributed by atoms with Gasteiger partial charge in [0.2, 0.25) is 0 Å². The fourth-order valence-electron chi connectivity index (χ4n) is 3.09. The second-order valence-corrected chi connectivity index (χ2v) is 6.80. The molecular formula is C22H35N. The standard InChI is InChI=1S/C22H35N/c1-2-3-4-5-6-7-8-9-10-11-12-13-14-15-21-16-18-22(20-23)19-17-21/h16-19H,2-15H2,1H3. The number of benzene rings is 1.